The predicted molar refractivity (Wildman–Crippen MR) is 82.5 cm³/mol. The Hall–Kier alpha value is -0.860. The van der Waals surface area contributed by atoms with Gasteiger partial charge in [0.05, 0.1) is 6.10 Å². The zero-order valence-corrected chi connectivity index (χ0v) is 12.8. The highest BCUT2D eigenvalue weighted by Gasteiger charge is 2.32. The van der Waals surface area contributed by atoms with Crippen LogP contribution in [-0.4, -0.2) is 22.4 Å². The van der Waals surface area contributed by atoms with Crippen molar-refractivity contribution in [1.82, 2.24) is 0 Å². The third kappa shape index (κ3) is 3.83. The molecule has 0 radical (unpaired) electrons. The second-order valence-electron chi connectivity index (χ2n) is 5.74. The first kappa shape index (κ1) is 15.5. The van der Waals surface area contributed by atoms with E-state index in [0.29, 0.717) is 12.8 Å². The first-order chi connectivity index (χ1) is 9.61. The second kappa shape index (κ2) is 7.24. The van der Waals surface area contributed by atoms with E-state index in [0.717, 1.165) is 36.8 Å². The molecule has 20 heavy (non-hydrogen) atoms. The van der Waals surface area contributed by atoms with Gasteiger partial charge in [-0.25, -0.2) is 0 Å². The molecule has 3 unspecified atom stereocenters. The molecule has 0 bridgehead atoms. The summed E-state index contributed by atoms with van der Waals surface area (Å²) in [6, 6.07) is 7.71. The van der Waals surface area contributed by atoms with Crippen LogP contribution in [0.4, 0.5) is 0 Å². The highest BCUT2D eigenvalue weighted by atomic mass is 35.5. The molecular weight excluding hydrogens is 272 g/mol. The molecule has 110 valence electrons. The molecule has 1 aromatic rings. The molecule has 3 heteroatoms. The van der Waals surface area contributed by atoms with Crippen molar-refractivity contribution in [3.8, 4) is 0 Å². The molecule has 0 spiro atoms. The highest BCUT2D eigenvalue weighted by molar-refractivity contribution is 6.20. The van der Waals surface area contributed by atoms with E-state index < -0.39 is 0 Å². The van der Waals surface area contributed by atoms with Crippen LogP contribution in [0.15, 0.2) is 24.3 Å². The Kier molecular flexibility index (Phi) is 5.62. The van der Waals surface area contributed by atoms with Crippen molar-refractivity contribution in [1.29, 1.82) is 0 Å². The number of rotatable bonds is 6. The van der Waals surface area contributed by atoms with Crippen LogP contribution in [-0.2, 0) is 0 Å². The van der Waals surface area contributed by atoms with Crippen LogP contribution in [0.3, 0.4) is 0 Å². The van der Waals surface area contributed by atoms with Crippen molar-refractivity contribution in [3.05, 3.63) is 35.4 Å². The monoisotopic (exact) mass is 294 g/mol. The Balaban J connectivity index is 1.97. The molecule has 1 aliphatic rings. The summed E-state index contributed by atoms with van der Waals surface area (Å²) in [6.45, 7) is 2.14. The van der Waals surface area contributed by atoms with Crippen molar-refractivity contribution in [2.75, 3.05) is 0 Å². The summed E-state index contributed by atoms with van der Waals surface area (Å²) in [6.07, 6.45) is 4.94. The summed E-state index contributed by atoms with van der Waals surface area (Å²) in [5, 5.41) is 10.0. The molecule has 1 fully saturated rings. The van der Waals surface area contributed by atoms with E-state index in [2.05, 4.69) is 6.92 Å². The van der Waals surface area contributed by atoms with Gasteiger partial charge in [0, 0.05) is 23.3 Å². The summed E-state index contributed by atoms with van der Waals surface area (Å²) < 4.78 is 0. The molecule has 1 saturated carbocycles. The van der Waals surface area contributed by atoms with Crippen molar-refractivity contribution in [3.63, 3.8) is 0 Å². The quantitative estimate of drug-likeness (QED) is 0.483. The summed E-state index contributed by atoms with van der Waals surface area (Å²) in [4.78, 5) is 12.0. The first-order valence-corrected chi connectivity index (χ1v) is 8.00. The van der Waals surface area contributed by atoms with E-state index in [4.69, 9.17) is 11.6 Å². The minimum absolute atomic E-state index is 0.0605. The lowest BCUT2D eigenvalue weighted by Crippen LogP contribution is -2.11. The Bertz CT molecular complexity index is 441. The molecule has 2 nitrogen and oxygen atoms in total. The third-order valence-corrected chi connectivity index (χ3v) is 4.50. The Morgan fingerprint density at radius 3 is 2.50 bits per heavy atom. The molecule has 0 aliphatic heterocycles. The van der Waals surface area contributed by atoms with Crippen LogP contribution in [0.2, 0.25) is 0 Å². The topological polar surface area (TPSA) is 37.3 Å². The summed E-state index contributed by atoms with van der Waals surface area (Å²) >= 11 is 6.09. The zero-order valence-electron chi connectivity index (χ0n) is 12.0. The van der Waals surface area contributed by atoms with Gasteiger partial charge in [0.2, 0.25) is 0 Å². The average molecular weight is 295 g/mol. The van der Waals surface area contributed by atoms with Crippen molar-refractivity contribution >= 4 is 17.4 Å². The number of benzene rings is 1. The van der Waals surface area contributed by atoms with E-state index in [-0.39, 0.29) is 23.2 Å². The largest absolute Gasteiger partial charge is 0.392 e. The number of unbranched alkanes of at least 4 members (excludes halogenated alkanes) is 2. The smallest absolute Gasteiger partial charge is 0.162 e. The molecular formula is C17H23ClO2. The lowest BCUT2D eigenvalue weighted by molar-refractivity contribution is 0.0979. The van der Waals surface area contributed by atoms with Crippen molar-refractivity contribution in [2.24, 2.45) is 0 Å². The van der Waals surface area contributed by atoms with E-state index in [1.807, 2.05) is 24.3 Å². The Morgan fingerprint density at radius 1 is 1.25 bits per heavy atom. The van der Waals surface area contributed by atoms with Crippen LogP contribution in [0.25, 0.3) is 0 Å². The van der Waals surface area contributed by atoms with Crippen molar-refractivity contribution in [2.45, 2.75) is 62.8 Å². The van der Waals surface area contributed by atoms with Crippen molar-refractivity contribution < 1.29 is 9.90 Å². The lowest BCUT2D eigenvalue weighted by Gasteiger charge is -2.14. The minimum atomic E-state index is -0.358. The van der Waals surface area contributed by atoms with Gasteiger partial charge in [0.25, 0.3) is 0 Å². The maximum absolute atomic E-state index is 12.0. The SMILES string of the molecule is CCCCCC(=O)c1ccc(C2CC(Cl)CC2O)cc1. The normalized spacial score (nSPS) is 25.9. The van der Waals surface area contributed by atoms with Gasteiger partial charge in [-0.1, -0.05) is 44.0 Å². The van der Waals surface area contributed by atoms with E-state index in [1.165, 1.54) is 0 Å². The average Bonchev–Trinajstić information content (AvgIpc) is 2.78. The molecule has 0 saturated heterocycles. The van der Waals surface area contributed by atoms with Crippen LogP contribution in [0.5, 0.6) is 0 Å². The fourth-order valence-electron chi connectivity index (χ4n) is 2.91. The number of aliphatic hydroxyl groups is 1. The van der Waals surface area contributed by atoms with Crippen LogP contribution < -0.4 is 0 Å². The fraction of sp³-hybridized carbons (Fsp3) is 0.588. The van der Waals surface area contributed by atoms with Gasteiger partial charge in [-0.05, 0) is 24.8 Å². The van der Waals surface area contributed by atoms with Crippen LogP contribution in [0.1, 0.15) is 67.3 Å². The molecule has 1 N–H and O–H groups in total. The Labute approximate surface area is 126 Å². The molecule has 2 rings (SSSR count). The van der Waals surface area contributed by atoms with E-state index >= 15 is 0 Å². The zero-order chi connectivity index (χ0) is 14.5. The summed E-state index contributed by atoms with van der Waals surface area (Å²) in [5.74, 6) is 0.328. The molecule has 0 heterocycles. The molecule has 0 aromatic heterocycles. The number of halogens is 1. The van der Waals surface area contributed by atoms with Gasteiger partial charge in [-0.2, -0.15) is 0 Å². The first-order valence-electron chi connectivity index (χ1n) is 7.57. The van der Waals surface area contributed by atoms with Gasteiger partial charge in [0.1, 0.15) is 0 Å². The molecule has 1 aliphatic carbocycles. The lowest BCUT2D eigenvalue weighted by atomic mass is 9.94. The van der Waals surface area contributed by atoms with E-state index in [9.17, 15) is 9.90 Å². The highest BCUT2D eigenvalue weighted by Crippen LogP contribution is 2.37. The van der Waals surface area contributed by atoms with Crippen LogP contribution >= 0.6 is 11.6 Å². The number of ketones is 1. The molecule has 3 atom stereocenters. The van der Waals surface area contributed by atoms with Crippen LogP contribution in [0, 0.1) is 0 Å². The van der Waals surface area contributed by atoms with Gasteiger partial charge >= 0.3 is 0 Å². The molecule has 1 aromatic carbocycles. The van der Waals surface area contributed by atoms with E-state index in [1.54, 1.807) is 0 Å². The minimum Gasteiger partial charge on any atom is -0.392 e. The predicted octanol–water partition coefficient (Wildman–Crippen LogP) is 4.30. The number of aliphatic hydroxyl groups excluding tert-OH is 1. The number of hydrogen-bond donors (Lipinski definition) is 1. The maximum atomic E-state index is 12.0. The second-order valence-corrected chi connectivity index (χ2v) is 6.36. The Morgan fingerprint density at radius 2 is 1.95 bits per heavy atom. The number of alkyl halides is 1. The number of carbonyl (C=O) groups is 1. The van der Waals surface area contributed by atoms with Gasteiger partial charge in [-0.15, -0.1) is 11.6 Å². The third-order valence-electron chi connectivity index (χ3n) is 4.14. The fourth-order valence-corrected chi connectivity index (χ4v) is 3.28. The van der Waals surface area contributed by atoms with Gasteiger partial charge in [0.15, 0.2) is 5.78 Å². The standard InChI is InChI=1S/C17H23ClO2/c1-2-3-4-5-16(19)13-8-6-12(7-9-13)15-10-14(18)11-17(15)20/h6-9,14-15,17,20H,2-5,10-11H2,1H3. The number of hydrogen-bond acceptors (Lipinski definition) is 2. The number of carbonyl (C=O) groups excluding carboxylic acids is 1. The number of Topliss-reactive ketones (excluding diaryl/α,β-unsaturated/α-hetero) is 1. The van der Waals surface area contributed by atoms with Gasteiger partial charge < -0.3 is 5.11 Å². The molecule has 0 amide bonds. The van der Waals surface area contributed by atoms with Gasteiger partial charge in [-0.3, -0.25) is 4.79 Å². The summed E-state index contributed by atoms with van der Waals surface area (Å²) in [5.41, 5.74) is 1.87. The summed E-state index contributed by atoms with van der Waals surface area (Å²) in [7, 11) is 0. The maximum Gasteiger partial charge on any atom is 0.162 e.